The van der Waals surface area contributed by atoms with E-state index in [-0.39, 0.29) is 17.4 Å². The summed E-state index contributed by atoms with van der Waals surface area (Å²) in [6.07, 6.45) is 5.58. The van der Waals surface area contributed by atoms with Crippen LogP contribution in [-0.4, -0.2) is 45.3 Å². The van der Waals surface area contributed by atoms with Crippen LogP contribution in [0.1, 0.15) is 57.1 Å². The number of carbonyl (C=O) groups is 2. The zero-order chi connectivity index (χ0) is 19.0. The molecule has 1 saturated carbocycles. The van der Waals surface area contributed by atoms with Crippen LogP contribution >= 0.6 is 11.3 Å². The topological polar surface area (TPSA) is 75.2 Å². The Hall–Kier alpha value is -2.28. The van der Waals surface area contributed by atoms with E-state index in [4.69, 9.17) is 0 Å². The summed E-state index contributed by atoms with van der Waals surface area (Å²) in [4.78, 5) is 36.3. The van der Waals surface area contributed by atoms with Crippen LogP contribution in [0.15, 0.2) is 23.8 Å². The van der Waals surface area contributed by atoms with Gasteiger partial charge in [-0.3, -0.25) is 14.6 Å². The number of nitrogens with zero attached hydrogens (tertiary/aromatic N) is 3. The number of aryl methyl sites for hydroxylation is 2. The van der Waals surface area contributed by atoms with Gasteiger partial charge in [-0.15, -0.1) is 11.3 Å². The summed E-state index contributed by atoms with van der Waals surface area (Å²) in [5, 5.41) is 3.28. The highest BCUT2D eigenvalue weighted by Gasteiger charge is 2.51. The Morgan fingerprint density at radius 3 is 2.56 bits per heavy atom. The van der Waals surface area contributed by atoms with Gasteiger partial charge in [-0.1, -0.05) is 0 Å². The van der Waals surface area contributed by atoms with E-state index in [0.29, 0.717) is 11.5 Å². The van der Waals surface area contributed by atoms with Crippen molar-refractivity contribution in [1.82, 2.24) is 20.2 Å². The molecular formula is C20H24N4O2S. The van der Waals surface area contributed by atoms with Gasteiger partial charge in [-0.25, -0.2) is 4.98 Å². The molecule has 3 heterocycles. The summed E-state index contributed by atoms with van der Waals surface area (Å²) in [5.41, 5.74) is 3.96. The molecule has 2 aliphatic rings. The molecule has 0 unspecified atom stereocenters. The second-order valence-corrected chi connectivity index (χ2v) is 8.48. The molecule has 1 saturated heterocycles. The van der Waals surface area contributed by atoms with E-state index in [1.807, 2.05) is 24.8 Å². The smallest absolute Gasteiger partial charge is 0.265 e. The summed E-state index contributed by atoms with van der Waals surface area (Å²) in [7, 11) is 0. The summed E-state index contributed by atoms with van der Waals surface area (Å²) in [6, 6.07) is 3.58. The molecule has 0 spiro atoms. The first kappa shape index (κ1) is 18.1. The molecule has 6 nitrogen and oxygen atoms in total. The number of pyridine rings is 1. The van der Waals surface area contributed by atoms with Gasteiger partial charge in [0.15, 0.2) is 0 Å². The van der Waals surface area contributed by atoms with E-state index in [1.54, 1.807) is 17.8 Å². The number of amides is 2. The van der Waals surface area contributed by atoms with E-state index in [0.717, 1.165) is 55.0 Å². The molecule has 0 aromatic carbocycles. The van der Waals surface area contributed by atoms with E-state index in [1.165, 1.54) is 11.3 Å². The molecule has 7 heteroatoms. The molecule has 0 atom stereocenters. The average Bonchev–Trinajstić information content (AvgIpc) is 3.33. The molecule has 4 rings (SSSR count). The zero-order valence-corrected chi connectivity index (χ0v) is 16.5. The van der Waals surface area contributed by atoms with Crippen LogP contribution in [0.5, 0.6) is 0 Å². The average molecular weight is 385 g/mol. The number of nitrogens with one attached hydrogen (secondary N) is 1. The number of aromatic nitrogens is 2. The van der Waals surface area contributed by atoms with E-state index in [2.05, 4.69) is 15.3 Å². The van der Waals surface area contributed by atoms with Crippen molar-refractivity contribution in [3.05, 3.63) is 45.7 Å². The van der Waals surface area contributed by atoms with Crippen LogP contribution in [-0.2, 0) is 0 Å². The van der Waals surface area contributed by atoms with Gasteiger partial charge in [0.1, 0.15) is 4.88 Å². The first-order valence-corrected chi connectivity index (χ1v) is 10.3. The largest absolute Gasteiger partial charge is 0.346 e. The lowest BCUT2D eigenvalue weighted by Crippen LogP contribution is -2.48. The molecule has 2 aromatic rings. The second kappa shape index (κ2) is 7.03. The molecule has 2 amide bonds. The Morgan fingerprint density at radius 2 is 1.96 bits per heavy atom. The van der Waals surface area contributed by atoms with Crippen LogP contribution in [0.25, 0.3) is 0 Å². The molecule has 1 aliphatic heterocycles. The third kappa shape index (κ3) is 3.60. The number of hydrogen-bond donors (Lipinski definition) is 1. The van der Waals surface area contributed by atoms with Crippen molar-refractivity contribution in [2.24, 2.45) is 5.92 Å². The van der Waals surface area contributed by atoms with Gasteiger partial charge < -0.3 is 10.2 Å². The lowest BCUT2D eigenvalue weighted by atomic mass is 9.87. The molecule has 142 valence electrons. The molecule has 2 fully saturated rings. The maximum absolute atomic E-state index is 12.7. The minimum Gasteiger partial charge on any atom is -0.346 e. The molecule has 27 heavy (non-hydrogen) atoms. The van der Waals surface area contributed by atoms with Crippen molar-refractivity contribution in [1.29, 1.82) is 0 Å². The summed E-state index contributed by atoms with van der Waals surface area (Å²) < 4.78 is 0. The predicted octanol–water partition coefficient (Wildman–Crippen LogP) is 2.97. The number of hydrogen-bond acceptors (Lipinski definition) is 5. The SMILES string of the molecule is Cc1cc(C(=O)NC2(C3CCN(C(=O)c4scnc4C)CC3)CC2)ccn1. The minimum absolute atomic E-state index is 0.0169. The summed E-state index contributed by atoms with van der Waals surface area (Å²) in [5.74, 6) is 0.502. The van der Waals surface area contributed by atoms with Crippen molar-refractivity contribution in [2.75, 3.05) is 13.1 Å². The standard InChI is InChI=1S/C20H24N4O2S/c1-13-11-15(3-8-21-13)18(25)23-20(6-7-20)16-4-9-24(10-5-16)19(26)17-14(2)22-12-27-17/h3,8,11-12,16H,4-7,9-10H2,1-2H3,(H,23,25). The van der Waals surface area contributed by atoms with Gasteiger partial charge in [0.25, 0.3) is 11.8 Å². The number of piperidine rings is 1. The maximum Gasteiger partial charge on any atom is 0.265 e. The van der Waals surface area contributed by atoms with Crippen molar-refractivity contribution >= 4 is 23.2 Å². The van der Waals surface area contributed by atoms with Crippen molar-refractivity contribution in [3.63, 3.8) is 0 Å². The van der Waals surface area contributed by atoms with E-state index >= 15 is 0 Å². The van der Waals surface area contributed by atoms with E-state index < -0.39 is 0 Å². The lowest BCUT2D eigenvalue weighted by Gasteiger charge is -2.36. The van der Waals surface area contributed by atoms with Crippen LogP contribution in [0, 0.1) is 19.8 Å². The Kier molecular flexibility index (Phi) is 4.72. The lowest BCUT2D eigenvalue weighted by molar-refractivity contribution is 0.0651. The van der Waals surface area contributed by atoms with Crippen LogP contribution in [0.4, 0.5) is 0 Å². The molecule has 1 aliphatic carbocycles. The van der Waals surface area contributed by atoms with Gasteiger partial charge in [0, 0.05) is 36.1 Å². The van der Waals surface area contributed by atoms with E-state index in [9.17, 15) is 9.59 Å². The molecule has 0 bridgehead atoms. The number of thiazole rings is 1. The third-order valence-corrected chi connectivity index (χ3v) is 6.73. The van der Waals surface area contributed by atoms with Crippen LogP contribution in [0.2, 0.25) is 0 Å². The summed E-state index contributed by atoms with van der Waals surface area (Å²) >= 11 is 1.41. The van der Waals surface area contributed by atoms with Crippen molar-refractivity contribution in [3.8, 4) is 0 Å². The monoisotopic (exact) mass is 384 g/mol. The Labute approximate surface area is 163 Å². The first-order chi connectivity index (χ1) is 13.0. The van der Waals surface area contributed by atoms with Gasteiger partial charge in [0.2, 0.25) is 0 Å². The highest BCUT2D eigenvalue weighted by atomic mass is 32.1. The van der Waals surface area contributed by atoms with Crippen molar-refractivity contribution in [2.45, 2.75) is 45.1 Å². The summed E-state index contributed by atoms with van der Waals surface area (Å²) in [6.45, 7) is 5.26. The third-order valence-electron chi connectivity index (χ3n) is 5.81. The maximum atomic E-state index is 12.7. The Morgan fingerprint density at radius 1 is 1.22 bits per heavy atom. The number of likely N-dealkylation sites (tertiary alicyclic amines) is 1. The van der Waals surface area contributed by atoms with Gasteiger partial charge >= 0.3 is 0 Å². The predicted molar refractivity (Wildman–Crippen MR) is 104 cm³/mol. The first-order valence-electron chi connectivity index (χ1n) is 9.43. The fourth-order valence-electron chi connectivity index (χ4n) is 4.04. The Bertz CT molecular complexity index is 866. The quantitative estimate of drug-likeness (QED) is 0.879. The highest BCUT2D eigenvalue weighted by Crippen LogP contribution is 2.47. The molecular weight excluding hydrogens is 360 g/mol. The minimum atomic E-state index is -0.0935. The molecule has 2 aromatic heterocycles. The van der Waals surface area contributed by atoms with Gasteiger partial charge in [-0.05, 0) is 57.6 Å². The van der Waals surface area contributed by atoms with Crippen molar-refractivity contribution < 1.29 is 9.59 Å². The molecule has 0 radical (unpaired) electrons. The highest BCUT2D eigenvalue weighted by molar-refractivity contribution is 7.11. The van der Waals surface area contributed by atoms with Crippen LogP contribution in [0.3, 0.4) is 0 Å². The van der Waals surface area contributed by atoms with Gasteiger partial charge in [0.05, 0.1) is 11.2 Å². The van der Waals surface area contributed by atoms with Crippen LogP contribution < -0.4 is 5.32 Å². The second-order valence-electron chi connectivity index (χ2n) is 7.63. The molecule has 1 N–H and O–H groups in total. The Balaban J connectivity index is 1.37. The fraction of sp³-hybridized carbons (Fsp3) is 0.500. The normalized spacial score (nSPS) is 19.0. The van der Waals surface area contributed by atoms with Gasteiger partial charge in [-0.2, -0.15) is 0 Å². The number of rotatable bonds is 4. The fourth-order valence-corrected chi connectivity index (χ4v) is 4.81. The number of carbonyl (C=O) groups excluding carboxylic acids is 2. The zero-order valence-electron chi connectivity index (χ0n) is 15.7.